The lowest BCUT2D eigenvalue weighted by Gasteiger charge is -2.12. The zero-order valence-corrected chi connectivity index (χ0v) is 12.8. The summed E-state index contributed by atoms with van der Waals surface area (Å²) in [4.78, 5) is 16.4. The van der Waals surface area contributed by atoms with Gasteiger partial charge >= 0.3 is 0 Å². The highest BCUT2D eigenvalue weighted by molar-refractivity contribution is 9.10. The first-order valence-electron chi connectivity index (χ1n) is 6.00. The Hall–Kier alpha value is -1.88. The van der Waals surface area contributed by atoms with Crippen LogP contribution in [0.4, 0.5) is 0 Å². The summed E-state index contributed by atoms with van der Waals surface area (Å²) in [7, 11) is 3.09. The van der Waals surface area contributed by atoms with E-state index in [2.05, 4.69) is 20.9 Å². The van der Waals surface area contributed by atoms with E-state index in [4.69, 9.17) is 9.47 Å². The van der Waals surface area contributed by atoms with Gasteiger partial charge in [-0.15, -0.1) is 0 Å². The number of carbonyl (C=O) groups is 1. The molecule has 0 aliphatic heterocycles. The van der Waals surface area contributed by atoms with Gasteiger partial charge in [0, 0.05) is 18.8 Å². The predicted octanol–water partition coefficient (Wildman–Crippen LogP) is 3.29. The second-order valence-electron chi connectivity index (χ2n) is 4.12. The molecule has 5 heteroatoms. The standard InChI is InChI=1S/C15H14BrNO3/c1-19-13-6-5-11(15(20-2)14(13)16)12(18)8-10-4-3-7-17-9-10/h3-7,9H,8H2,1-2H3. The number of benzene rings is 1. The molecule has 0 radical (unpaired) electrons. The first-order chi connectivity index (χ1) is 9.67. The van der Waals surface area contributed by atoms with Gasteiger partial charge in [-0.25, -0.2) is 0 Å². The molecule has 0 fully saturated rings. The Balaban J connectivity index is 2.33. The Bertz CT molecular complexity index is 614. The van der Waals surface area contributed by atoms with Crippen molar-refractivity contribution in [1.29, 1.82) is 0 Å². The van der Waals surface area contributed by atoms with Crippen LogP contribution in [-0.2, 0) is 6.42 Å². The number of pyridine rings is 1. The zero-order chi connectivity index (χ0) is 14.5. The molecule has 104 valence electrons. The fourth-order valence-corrected chi connectivity index (χ4v) is 2.57. The van der Waals surface area contributed by atoms with E-state index in [1.807, 2.05) is 12.1 Å². The highest BCUT2D eigenvalue weighted by atomic mass is 79.9. The van der Waals surface area contributed by atoms with E-state index in [-0.39, 0.29) is 12.2 Å². The van der Waals surface area contributed by atoms with Gasteiger partial charge in [-0.1, -0.05) is 6.07 Å². The molecule has 1 aromatic heterocycles. The Morgan fingerprint density at radius 1 is 1.25 bits per heavy atom. The topological polar surface area (TPSA) is 48.4 Å². The molecule has 0 aliphatic carbocycles. The summed E-state index contributed by atoms with van der Waals surface area (Å²) in [5.41, 5.74) is 1.38. The largest absolute Gasteiger partial charge is 0.495 e. The van der Waals surface area contributed by atoms with Crippen molar-refractivity contribution in [2.24, 2.45) is 0 Å². The minimum absolute atomic E-state index is 0.0294. The first-order valence-corrected chi connectivity index (χ1v) is 6.79. The number of hydrogen-bond acceptors (Lipinski definition) is 4. The van der Waals surface area contributed by atoms with Crippen LogP contribution in [0.15, 0.2) is 41.1 Å². The maximum absolute atomic E-state index is 12.4. The van der Waals surface area contributed by atoms with Crippen molar-refractivity contribution >= 4 is 21.7 Å². The molecule has 0 saturated heterocycles. The maximum atomic E-state index is 12.4. The summed E-state index contributed by atoms with van der Waals surface area (Å²) in [5, 5.41) is 0. The number of nitrogens with zero attached hydrogens (tertiary/aromatic N) is 1. The molecular formula is C15H14BrNO3. The monoisotopic (exact) mass is 335 g/mol. The summed E-state index contributed by atoms with van der Waals surface area (Å²) >= 11 is 3.39. The van der Waals surface area contributed by atoms with Gasteiger partial charge in [-0.2, -0.15) is 0 Å². The predicted molar refractivity (Wildman–Crippen MR) is 79.5 cm³/mol. The van der Waals surface area contributed by atoms with Crippen molar-refractivity contribution in [3.05, 3.63) is 52.3 Å². The van der Waals surface area contributed by atoms with Gasteiger partial charge in [0.1, 0.15) is 16.0 Å². The van der Waals surface area contributed by atoms with Gasteiger partial charge < -0.3 is 9.47 Å². The molecule has 2 aromatic rings. The molecular weight excluding hydrogens is 322 g/mol. The summed E-state index contributed by atoms with van der Waals surface area (Å²) in [5.74, 6) is 1.08. The van der Waals surface area contributed by atoms with Crippen molar-refractivity contribution in [3.63, 3.8) is 0 Å². The highest BCUT2D eigenvalue weighted by Crippen LogP contribution is 2.37. The summed E-state index contributed by atoms with van der Waals surface area (Å²) in [6.07, 6.45) is 3.64. The summed E-state index contributed by atoms with van der Waals surface area (Å²) in [6, 6.07) is 7.13. The summed E-state index contributed by atoms with van der Waals surface area (Å²) in [6.45, 7) is 0. The van der Waals surface area contributed by atoms with Crippen LogP contribution < -0.4 is 9.47 Å². The second kappa shape index (κ2) is 6.52. The van der Waals surface area contributed by atoms with E-state index >= 15 is 0 Å². The lowest BCUT2D eigenvalue weighted by molar-refractivity contribution is 0.0990. The molecule has 0 bridgehead atoms. The van der Waals surface area contributed by atoms with Gasteiger partial charge in [0.15, 0.2) is 5.78 Å². The molecule has 1 aromatic carbocycles. The van der Waals surface area contributed by atoms with Crippen LogP contribution in [0.3, 0.4) is 0 Å². The number of rotatable bonds is 5. The fraction of sp³-hybridized carbons (Fsp3) is 0.200. The van der Waals surface area contributed by atoms with Gasteiger partial charge in [0.05, 0.1) is 19.8 Å². The van der Waals surface area contributed by atoms with Crippen molar-refractivity contribution in [1.82, 2.24) is 4.98 Å². The average molecular weight is 336 g/mol. The fourth-order valence-electron chi connectivity index (χ4n) is 1.90. The van der Waals surface area contributed by atoms with Crippen molar-refractivity contribution in [2.75, 3.05) is 14.2 Å². The van der Waals surface area contributed by atoms with E-state index in [9.17, 15) is 4.79 Å². The van der Waals surface area contributed by atoms with Gasteiger partial charge in [-0.05, 0) is 39.7 Å². The number of aromatic nitrogens is 1. The highest BCUT2D eigenvalue weighted by Gasteiger charge is 2.18. The molecule has 0 unspecified atom stereocenters. The van der Waals surface area contributed by atoms with E-state index < -0.39 is 0 Å². The molecule has 0 saturated carbocycles. The lowest BCUT2D eigenvalue weighted by atomic mass is 10.0. The molecule has 1 heterocycles. The third-order valence-corrected chi connectivity index (χ3v) is 3.62. The van der Waals surface area contributed by atoms with Gasteiger partial charge in [0.25, 0.3) is 0 Å². The van der Waals surface area contributed by atoms with E-state index in [0.29, 0.717) is 21.5 Å². The van der Waals surface area contributed by atoms with Crippen molar-refractivity contribution in [2.45, 2.75) is 6.42 Å². The molecule has 20 heavy (non-hydrogen) atoms. The lowest BCUT2D eigenvalue weighted by Crippen LogP contribution is -2.07. The van der Waals surface area contributed by atoms with Crippen LogP contribution in [0.2, 0.25) is 0 Å². The zero-order valence-electron chi connectivity index (χ0n) is 11.2. The minimum atomic E-state index is -0.0294. The van der Waals surface area contributed by atoms with Crippen LogP contribution in [0, 0.1) is 0 Å². The molecule has 0 aliphatic rings. The number of Topliss-reactive ketones (excluding diaryl/α,β-unsaturated/α-hetero) is 1. The number of methoxy groups -OCH3 is 2. The molecule has 4 nitrogen and oxygen atoms in total. The van der Waals surface area contributed by atoms with Crippen LogP contribution >= 0.6 is 15.9 Å². The van der Waals surface area contributed by atoms with Crippen LogP contribution in [0.1, 0.15) is 15.9 Å². The molecule has 0 atom stereocenters. The van der Waals surface area contributed by atoms with E-state index in [1.54, 1.807) is 31.6 Å². The van der Waals surface area contributed by atoms with Crippen LogP contribution in [-0.4, -0.2) is 25.0 Å². The third-order valence-electron chi connectivity index (χ3n) is 2.87. The second-order valence-corrected chi connectivity index (χ2v) is 4.92. The maximum Gasteiger partial charge on any atom is 0.171 e. The summed E-state index contributed by atoms with van der Waals surface area (Å²) < 4.78 is 11.1. The van der Waals surface area contributed by atoms with Crippen molar-refractivity contribution in [3.8, 4) is 11.5 Å². The quantitative estimate of drug-likeness (QED) is 0.786. The molecule has 0 amide bonds. The molecule has 0 spiro atoms. The van der Waals surface area contributed by atoms with Gasteiger partial charge in [-0.3, -0.25) is 9.78 Å². The average Bonchev–Trinajstić information content (AvgIpc) is 2.47. The third kappa shape index (κ3) is 2.99. The molecule has 0 N–H and O–H groups in total. The molecule has 2 rings (SSSR count). The Morgan fingerprint density at radius 2 is 2.05 bits per heavy atom. The minimum Gasteiger partial charge on any atom is -0.495 e. The SMILES string of the molecule is COc1ccc(C(=O)Cc2cccnc2)c(OC)c1Br. The number of hydrogen-bond donors (Lipinski definition) is 0. The van der Waals surface area contributed by atoms with Crippen LogP contribution in [0.25, 0.3) is 0 Å². The number of ketones is 1. The first kappa shape index (κ1) is 14.5. The Kier molecular flexibility index (Phi) is 4.74. The van der Waals surface area contributed by atoms with E-state index in [1.165, 1.54) is 7.11 Å². The van der Waals surface area contributed by atoms with Gasteiger partial charge in [0.2, 0.25) is 0 Å². The normalized spacial score (nSPS) is 10.2. The Labute approximate surface area is 125 Å². The van der Waals surface area contributed by atoms with E-state index in [0.717, 1.165) is 5.56 Å². The smallest absolute Gasteiger partial charge is 0.171 e. The van der Waals surface area contributed by atoms with Crippen molar-refractivity contribution < 1.29 is 14.3 Å². The number of carbonyl (C=O) groups excluding carboxylic acids is 1. The number of ether oxygens (including phenoxy) is 2. The number of halogens is 1. The van der Waals surface area contributed by atoms with Crippen LogP contribution in [0.5, 0.6) is 11.5 Å². The Morgan fingerprint density at radius 3 is 2.65 bits per heavy atom.